The van der Waals surface area contributed by atoms with Gasteiger partial charge in [0, 0.05) is 12.5 Å². The second-order valence-corrected chi connectivity index (χ2v) is 5.43. The monoisotopic (exact) mass is 391 g/mol. The number of aliphatic imine (C=N–C) groups is 1. The molecule has 0 unspecified atom stereocenters. The Morgan fingerprint density at radius 2 is 2.04 bits per heavy atom. The van der Waals surface area contributed by atoms with Gasteiger partial charge in [-0.25, -0.2) is 4.99 Å². The number of halogens is 3. The molecule has 9 heteroatoms. The molecule has 0 aliphatic carbocycles. The highest BCUT2D eigenvalue weighted by Gasteiger charge is 2.30. The van der Waals surface area contributed by atoms with Crippen LogP contribution in [0.3, 0.4) is 0 Å². The first-order chi connectivity index (χ1) is 13.0. The van der Waals surface area contributed by atoms with Crippen LogP contribution >= 0.6 is 0 Å². The standard InChI is InChI=1S/C19H16F3N3O3/c1-5-15(11-23)24-17-8-7-16(10-12(17)2)28-18(14(4)25(26)27)9-6-13(3)19(20,21)22/h5-10H,1,3H2,2,4H3/b9-6-,18-14-,24-15?. The molecule has 0 heterocycles. The summed E-state index contributed by atoms with van der Waals surface area (Å²) >= 11 is 0. The Bertz CT molecular complexity index is 936. The number of alkyl halides is 3. The fourth-order valence-corrected chi connectivity index (χ4v) is 1.78. The maximum absolute atomic E-state index is 12.6. The Morgan fingerprint density at radius 1 is 1.39 bits per heavy atom. The third kappa shape index (κ3) is 6.25. The van der Waals surface area contributed by atoms with Crippen molar-refractivity contribution in [2.45, 2.75) is 20.0 Å². The quantitative estimate of drug-likeness (QED) is 0.206. The van der Waals surface area contributed by atoms with Crippen molar-refractivity contribution < 1.29 is 22.8 Å². The summed E-state index contributed by atoms with van der Waals surface area (Å²) in [5, 5.41) is 19.9. The molecule has 0 aliphatic rings. The van der Waals surface area contributed by atoms with E-state index in [0.29, 0.717) is 17.3 Å². The van der Waals surface area contributed by atoms with Crippen molar-refractivity contribution in [1.29, 1.82) is 5.26 Å². The molecule has 0 spiro atoms. The van der Waals surface area contributed by atoms with Gasteiger partial charge in [0.1, 0.15) is 17.5 Å². The minimum atomic E-state index is -4.66. The number of allylic oxidation sites excluding steroid dienone is 5. The van der Waals surface area contributed by atoms with Crippen LogP contribution < -0.4 is 4.74 Å². The van der Waals surface area contributed by atoms with E-state index in [9.17, 15) is 23.3 Å². The molecule has 0 atom stereocenters. The molecule has 0 fully saturated rings. The summed E-state index contributed by atoms with van der Waals surface area (Å²) in [5.74, 6) is -0.234. The molecule has 0 radical (unpaired) electrons. The molecule has 0 aromatic heterocycles. The van der Waals surface area contributed by atoms with Crippen LogP contribution in [0.25, 0.3) is 0 Å². The molecule has 0 saturated heterocycles. The molecule has 0 bridgehead atoms. The third-order valence-electron chi connectivity index (χ3n) is 3.38. The summed E-state index contributed by atoms with van der Waals surface area (Å²) in [6.07, 6.45) is -1.95. The van der Waals surface area contributed by atoms with E-state index in [4.69, 9.17) is 10.00 Å². The second kappa shape index (κ2) is 9.32. The Hall–Kier alpha value is -3.67. The van der Waals surface area contributed by atoms with E-state index in [-0.39, 0.29) is 17.2 Å². The van der Waals surface area contributed by atoms with E-state index in [1.165, 1.54) is 24.3 Å². The maximum atomic E-state index is 12.6. The molecular formula is C19H16F3N3O3. The lowest BCUT2D eigenvalue weighted by molar-refractivity contribution is -0.426. The topological polar surface area (TPSA) is 88.5 Å². The van der Waals surface area contributed by atoms with Gasteiger partial charge in [-0.2, -0.15) is 18.4 Å². The first-order valence-corrected chi connectivity index (χ1v) is 7.68. The molecule has 0 N–H and O–H groups in total. The van der Waals surface area contributed by atoms with Gasteiger partial charge in [0.15, 0.2) is 5.76 Å². The second-order valence-electron chi connectivity index (χ2n) is 5.43. The van der Waals surface area contributed by atoms with Crippen molar-refractivity contribution in [3.8, 4) is 11.8 Å². The van der Waals surface area contributed by atoms with Crippen LogP contribution in [0.5, 0.6) is 5.75 Å². The lowest BCUT2D eigenvalue weighted by atomic mass is 10.2. The molecule has 1 rings (SSSR count). The zero-order valence-corrected chi connectivity index (χ0v) is 15.1. The predicted molar refractivity (Wildman–Crippen MR) is 98.7 cm³/mol. The summed E-state index contributed by atoms with van der Waals surface area (Å²) in [6, 6.07) is 6.26. The van der Waals surface area contributed by atoms with E-state index in [1.54, 1.807) is 6.92 Å². The number of hydrogen-bond donors (Lipinski definition) is 0. The molecule has 1 aromatic carbocycles. The van der Waals surface area contributed by atoms with Crippen molar-refractivity contribution >= 4 is 11.4 Å². The molecule has 6 nitrogen and oxygen atoms in total. The molecule has 146 valence electrons. The van der Waals surface area contributed by atoms with Crippen molar-refractivity contribution in [2.75, 3.05) is 0 Å². The summed E-state index contributed by atoms with van der Waals surface area (Å²) < 4.78 is 43.1. The lowest BCUT2D eigenvalue weighted by Crippen LogP contribution is -2.09. The van der Waals surface area contributed by atoms with Gasteiger partial charge >= 0.3 is 6.18 Å². The van der Waals surface area contributed by atoms with Crippen molar-refractivity contribution in [1.82, 2.24) is 0 Å². The first-order valence-electron chi connectivity index (χ1n) is 7.68. The Kier molecular flexibility index (Phi) is 7.45. The largest absolute Gasteiger partial charge is 0.451 e. The minimum absolute atomic E-state index is 0.0927. The Morgan fingerprint density at radius 3 is 2.50 bits per heavy atom. The van der Waals surface area contributed by atoms with Gasteiger partial charge < -0.3 is 4.74 Å². The number of nitrogens with zero attached hydrogens (tertiary/aromatic N) is 3. The van der Waals surface area contributed by atoms with Gasteiger partial charge in [-0.05, 0) is 48.9 Å². The number of benzene rings is 1. The first kappa shape index (κ1) is 22.4. The van der Waals surface area contributed by atoms with Crippen LogP contribution in [0.4, 0.5) is 18.9 Å². The van der Waals surface area contributed by atoms with Crippen LogP contribution in [0.1, 0.15) is 12.5 Å². The molecule has 1 aromatic rings. The average molecular weight is 391 g/mol. The molecule has 0 saturated carbocycles. The number of nitriles is 1. The van der Waals surface area contributed by atoms with Crippen LogP contribution in [-0.4, -0.2) is 16.8 Å². The summed E-state index contributed by atoms with van der Waals surface area (Å²) in [4.78, 5) is 14.3. The van der Waals surface area contributed by atoms with Gasteiger partial charge in [-0.3, -0.25) is 10.1 Å². The Labute approximate surface area is 159 Å². The van der Waals surface area contributed by atoms with Crippen molar-refractivity contribution in [3.05, 3.63) is 82.3 Å². The van der Waals surface area contributed by atoms with E-state index in [1.807, 2.05) is 6.07 Å². The molecule has 0 aliphatic heterocycles. The highest BCUT2D eigenvalue weighted by atomic mass is 19.4. The van der Waals surface area contributed by atoms with Crippen LogP contribution in [0, 0.1) is 28.4 Å². The highest BCUT2D eigenvalue weighted by molar-refractivity contribution is 6.08. The zero-order valence-electron chi connectivity index (χ0n) is 15.1. The smallest absolute Gasteiger partial charge is 0.415 e. The van der Waals surface area contributed by atoms with Crippen molar-refractivity contribution in [2.24, 2.45) is 4.99 Å². The highest BCUT2D eigenvalue weighted by Crippen LogP contribution is 2.28. The lowest BCUT2D eigenvalue weighted by Gasteiger charge is -2.10. The number of rotatable bonds is 7. The Balaban J connectivity index is 3.25. The maximum Gasteiger partial charge on any atom is 0.415 e. The van der Waals surface area contributed by atoms with E-state index < -0.39 is 22.4 Å². The van der Waals surface area contributed by atoms with Crippen molar-refractivity contribution in [3.63, 3.8) is 0 Å². The third-order valence-corrected chi connectivity index (χ3v) is 3.38. The SMILES string of the molecule is C=CC(C#N)=Nc1ccc(OC(/C=C\C(=C)C(F)(F)F)=C(/C)[N+](=O)[O-])cc1C. The predicted octanol–water partition coefficient (Wildman–Crippen LogP) is 5.34. The summed E-state index contributed by atoms with van der Waals surface area (Å²) in [5.41, 5.74) is -0.547. The fourth-order valence-electron chi connectivity index (χ4n) is 1.78. The number of nitro groups is 1. The minimum Gasteiger partial charge on any atom is -0.451 e. The number of hydrogen-bond acceptors (Lipinski definition) is 5. The molecule has 28 heavy (non-hydrogen) atoms. The molecule has 0 amide bonds. The number of aryl methyl sites for hydroxylation is 1. The van der Waals surface area contributed by atoms with Gasteiger partial charge in [0.05, 0.1) is 10.6 Å². The zero-order chi connectivity index (χ0) is 21.5. The average Bonchev–Trinajstić information content (AvgIpc) is 2.62. The van der Waals surface area contributed by atoms with Crippen LogP contribution in [0.2, 0.25) is 0 Å². The van der Waals surface area contributed by atoms with Gasteiger partial charge in [0.25, 0.3) is 5.70 Å². The summed E-state index contributed by atoms with van der Waals surface area (Å²) in [6.45, 7) is 9.09. The van der Waals surface area contributed by atoms with E-state index in [2.05, 4.69) is 18.2 Å². The van der Waals surface area contributed by atoms with E-state index >= 15 is 0 Å². The van der Waals surface area contributed by atoms with Crippen LogP contribution in [0.15, 0.2) is 71.6 Å². The fraction of sp³-hybridized carbons (Fsp3) is 0.158. The van der Waals surface area contributed by atoms with Gasteiger partial charge in [-0.1, -0.05) is 13.2 Å². The normalized spacial score (nSPS) is 12.9. The van der Waals surface area contributed by atoms with Crippen LogP contribution in [-0.2, 0) is 0 Å². The van der Waals surface area contributed by atoms with E-state index in [0.717, 1.165) is 13.0 Å². The summed E-state index contributed by atoms with van der Waals surface area (Å²) in [7, 11) is 0. The van der Waals surface area contributed by atoms with Gasteiger partial charge in [0.2, 0.25) is 0 Å². The number of ether oxygens (including phenoxy) is 1. The van der Waals surface area contributed by atoms with Gasteiger partial charge in [-0.15, -0.1) is 0 Å². The molecular weight excluding hydrogens is 375 g/mol.